The van der Waals surface area contributed by atoms with Crippen molar-refractivity contribution < 1.29 is 9.59 Å². The maximum atomic E-state index is 13.1. The Kier molecular flexibility index (Phi) is 5.95. The van der Waals surface area contributed by atoms with E-state index in [1.54, 1.807) is 17.4 Å². The van der Waals surface area contributed by atoms with E-state index in [9.17, 15) is 9.59 Å². The van der Waals surface area contributed by atoms with Gasteiger partial charge < -0.3 is 4.79 Å². The summed E-state index contributed by atoms with van der Waals surface area (Å²) in [6, 6.07) is 24.0. The van der Waals surface area contributed by atoms with Crippen LogP contribution in [0.4, 0.5) is 0 Å². The molecule has 1 atom stereocenters. The molecule has 2 heterocycles. The molecule has 0 N–H and O–H groups in total. The van der Waals surface area contributed by atoms with Crippen molar-refractivity contribution in [1.82, 2.24) is 15.0 Å². The number of hydrogen-bond donors (Lipinski definition) is 0. The molecule has 1 aromatic heterocycles. The fraction of sp³-hybridized carbons (Fsp3) is 0.179. The Balaban J connectivity index is 1.50. The van der Waals surface area contributed by atoms with Gasteiger partial charge in [0.15, 0.2) is 0 Å². The third-order valence-corrected chi connectivity index (χ3v) is 6.04. The highest BCUT2D eigenvalue weighted by Crippen LogP contribution is 2.35. The van der Waals surface area contributed by atoms with Crippen LogP contribution in [0.1, 0.15) is 43.4 Å². The van der Waals surface area contributed by atoms with Crippen LogP contribution >= 0.6 is 0 Å². The minimum absolute atomic E-state index is 0.00941. The number of carbonyl (C=O) groups is 2. The first-order chi connectivity index (χ1) is 16.6. The zero-order chi connectivity index (χ0) is 23.5. The summed E-state index contributed by atoms with van der Waals surface area (Å²) in [5.74, 6) is -0.168. The zero-order valence-corrected chi connectivity index (χ0v) is 18.9. The average Bonchev–Trinajstić information content (AvgIpc) is 3.33. The third kappa shape index (κ3) is 4.48. The van der Waals surface area contributed by atoms with Crippen molar-refractivity contribution >= 4 is 28.4 Å². The van der Waals surface area contributed by atoms with E-state index in [0.717, 1.165) is 39.0 Å². The minimum Gasteiger partial charge on any atom is -0.300 e. The van der Waals surface area contributed by atoms with Crippen LogP contribution in [0.3, 0.4) is 0 Å². The number of hydrazone groups is 1. The van der Waals surface area contributed by atoms with Crippen molar-refractivity contribution in [3.05, 3.63) is 96.3 Å². The SMILES string of the molecule is CC(=O)CCC(=O)N1N=C(c2cccc(-c3ccccc3)c2)CC1c1ccc2nccnc2c1. The second-order valence-corrected chi connectivity index (χ2v) is 8.46. The van der Waals surface area contributed by atoms with Crippen molar-refractivity contribution in [3.63, 3.8) is 0 Å². The molecule has 0 aliphatic carbocycles. The quantitative estimate of drug-likeness (QED) is 0.399. The Morgan fingerprint density at radius 1 is 0.824 bits per heavy atom. The molecule has 34 heavy (non-hydrogen) atoms. The molecule has 1 amide bonds. The molecule has 1 unspecified atom stereocenters. The number of carbonyl (C=O) groups excluding carboxylic acids is 2. The van der Waals surface area contributed by atoms with Gasteiger partial charge in [0.05, 0.1) is 22.8 Å². The lowest BCUT2D eigenvalue weighted by molar-refractivity contribution is -0.134. The van der Waals surface area contributed by atoms with Crippen LogP contribution < -0.4 is 0 Å². The largest absolute Gasteiger partial charge is 0.300 e. The smallest absolute Gasteiger partial charge is 0.243 e. The van der Waals surface area contributed by atoms with Gasteiger partial charge in [0.2, 0.25) is 5.91 Å². The number of aromatic nitrogens is 2. The molecule has 4 aromatic rings. The summed E-state index contributed by atoms with van der Waals surface area (Å²) in [5, 5.41) is 6.31. The Bertz CT molecular complexity index is 1400. The molecule has 6 heteroatoms. The van der Waals surface area contributed by atoms with E-state index in [2.05, 4.69) is 34.2 Å². The van der Waals surface area contributed by atoms with Gasteiger partial charge in [0, 0.05) is 31.7 Å². The summed E-state index contributed by atoms with van der Waals surface area (Å²) in [7, 11) is 0. The third-order valence-electron chi connectivity index (χ3n) is 6.04. The Labute approximate surface area is 198 Å². The number of nitrogens with zero attached hydrogens (tertiary/aromatic N) is 4. The summed E-state index contributed by atoms with van der Waals surface area (Å²) >= 11 is 0. The number of hydrogen-bond acceptors (Lipinski definition) is 5. The first kappa shape index (κ1) is 21.6. The van der Waals surface area contributed by atoms with E-state index in [1.807, 2.05) is 48.5 Å². The molecule has 1 aliphatic heterocycles. The average molecular weight is 449 g/mol. The van der Waals surface area contributed by atoms with E-state index >= 15 is 0 Å². The lowest BCUT2D eigenvalue weighted by atomic mass is 9.95. The van der Waals surface area contributed by atoms with Crippen LogP contribution in [0.15, 0.2) is 90.3 Å². The van der Waals surface area contributed by atoms with Crippen LogP contribution in [0.2, 0.25) is 0 Å². The molecule has 0 saturated carbocycles. The first-order valence-electron chi connectivity index (χ1n) is 11.3. The van der Waals surface area contributed by atoms with Crippen molar-refractivity contribution in [3.8, 4) is 11.1 Å². The predicted octanol–water partition coefficient (Wildman–Crippen LogP) is 5.34. The molecule has 1 aliphatic rings. The second kappa shape index (κ2) is 9.35. The van der Waals surface area contributed by atoms with Gasteiger partial charge in [-0.1, -0.05) is 54.6 Å². The van der Waals surface area contributed by atoms with E-state index < -0.39 is 0 Å². The van der Waals surface area contributed by atoms with Crippen molar-refractivity contribution in [2.75, 3.05) is 0 Å². The molecule has 0 fully saturated rings. The van der Waals surface area contributed by atoms with E-state index in [0.29, 0.717) is 6.42 Å². The minimum atomic E-state index is -0.263. The molecule has 6 nitrogen and oxygen atoms in total. The van der Waals surface area contributed by atoms with Gasteiger partial charge in [-0.25, -0.2) is 5.01 Å². The molecular weight excluding hydrogens is 424 g/mol. The van der Waals surface area contributed by atoms with E-state index in [1.165, 1.54) is 6.92 Å². The van der Waals surface area contributed by atoms with E-state index in [-0.39, 0.29) is 30.6 Å². The monoisotopic (exact) mass is 448 g/mol. The summed E-state index contributed by atoms with van der Waals surface area (Å²) in [4.78, 5) is 33.4. The lowest BCUT2D eigenvalue weighted by Gasteiger charge is -2.22. The molecule has 0 saturated heterocycles. The number of rotatable bonds is 6. The second-order valence-electron chi connectivity index (χ2n) is 8.46. The van der Waals surface area contributed by atoms with Crippen LogP contribution in [-0.4, -0.2) is 32.4 Å². The normalized spacial score (nSPS) is 15.4. The standard InChI is InChI=1S/C28H24N4O2/c1-19(33)10-13-28(34)32-27(23-11-12-24-26(17-23)30-15-14-29-24)18-25(31-32)22-9-5-8-21(16-22)20-6-3-2-4-7-20/h2-9,11-12,14-17,27H,10,13,18H2,1H3. The fourth-order valence-electron chi connectivity index (χ4n) is 4.27. The lowest BCUT2D eigenvalue weighted by Crippen LogP contribution is -2.27. The highest BCUT2D eigenvalue weighted by atomic mass is 16.2. The molecular formula is C28H24N4O2. The molecule has 3 aromatic carbocycles. The van der Waals surface area contributed by atoms with Gasteiger partial charge in [-0.3, -0.25) is 14.8 Å². The topological polar surface area (TPSA) is 75.5 Å². The van der Waals surface area contributed by atoms with Crippen molar-refractivity contribution in [1.29, 1.82) is 0 Å². The molecule has 5 rings (SSSR count). The maximum absolute atomic E-state index is 13.1. The summed E-state index contributed by atoms with van der Waals surface area (Å²) in [5.41, 5.74) is 6.57. The van der Waals surface area contributed by atoms with E-state index in [4.69, 9.17) is 5.10 Å². The van der Waals surface area contributed by atoms with Crippen molar-refractivity contribution in [2.24, 2.45) is 5.10 Å². The Morgan fingerprint density at radius 3 is 2.35 bits per heavy atom. The zero-order valence-electron chi connectivity index (χ0n) is 18.9. The van der Waals surface area contributed by atoms with Crippen LogP contribution in [0.5, 0.6) is 0 Å². The number of amides is 1. The number of benzene rings is 3. The Hall–Kier alpha value is -4.19. The van der Waals surface area contributed by atoms with Gasteiger partial charge in [-0.2, -0.15) is 5.10 Å². The first-order valence-corrected chi connectivity index (χ1v) is 11.3. The highest BCUT2D eigenvalue weighted by Gasteiger charge is 2.33. The van der Waals surface area contributed by atoms with Gasteiger partial charge >= 0.3 is 0 Å². The van der Waals surface area contributed by atoms with Gasteiger partial charge in [0.1, 0.15) is 5.78 Å². The maximum Gasteiger partial charge on any atom is 0.243 e. The molecule has 0 spiro atoms. The number of fused-ring (bicyclic) bond motifs is 1. The molecule has 0 bridgehead atoms. The number of ketones is 1. The fourth-order valence-corrected chi connectivity index (χ4v) is 4.27. The summed E-state index contributed by atoms with van der Waals surface area (Å²) < 4.78 is 0. The van der Waals surface area contributed by atoms with Gasteiger partial charge in [-0.05, 0) is 47.4 Å². The Morgan fingerprint density at radius 2 is 1.56 bits per heavy atom. The van der Waals surface area contributed by atoms with Crippen LogP contribution in [0, 0.1) is 0 Å². The molecule has 168 valence electrons. The highest BCUT2D eigenvalue weighted by molar-refractivity contribution is 6.04. The van der Waals surface area contributed by atoms with Crippen LogP contribution in [0.25, 0.3) is 22.2 Å². The van der Waals surface area contributed by atoms with Gasteiger partial charge in [0.25, 0.3) is 0 Å². The van der Waals surface area contributed by atoms with Crippen LogP contribution in [-0.2, 0) is 9.59 Å². The van der Waals surface area contributed by atoms with Gasteiger partial charge in [-0.15, -0.1) is 0 Å². The molecule has 0 radical (unpaired) electrons. The predicted molar refractivity (Wildman–Crippen MR) is 132 cm³/mol. The van der Waals surface area contributed by atoms with Crippen molar-refractivity contribution in [2.45, 2.75) is 32.2 Å². The summed E-state index contributed by atoms with van der Waals surface area (Å²) in [6.07, 6.45) is 4.25. The summed E-state index contributed by atoms with van der Waals surface area (Å²) in [6.45, 7) is 1.50. The number of Topliss-reactive ketones (excluding diaryl/α,β-unsaturated/α-hetero) is 1.